The molecule has 0 saturated carbocycles. The van der Waals surface area contributed by atoms with Gasteiger partial charge in [0.25, 0.3) is 0 Å². The number of ether oxygens (including phenoxy) is 2. The molecule has 1 saturated heterocycles. The van der Waals surface area contributed by atoms with Crippen LogP contribution in [0.2, 0.25) is 0 Å². The van der Waals surface area contributed by atoms with E-state index in [9.17, 15) is 4.79 Å². The number of hydrogen-bond donors (Lipinski definition) is 1. The molecule has 5 rings (SSSR count). The lowest BCUT2D eigenvalue weighted by Crippen LogP contribution is -2.43. The lowest BCUT2D eigenvalue weighted by Gasteiger charge is -2.32. The molecule has 3 heterocycles. The molecule has 1 fully saturated rings. The van der Waals surface area contributed by atoms with Gasteiger partial charge in [-0.05, 0) is 25.2 Å². The number of H-pyrrole nitrogens is 1. The lowest BCUT2D eigenvalue weighted by atomic mass is 10.0. The predicted molar refractivity (Wildman–Crippen MR) is 115 cm³/mol. The van der Waals surface area contributed by atoms with Crippen molar-refractivity contribution in [3.8, 4) is 11.5 Å². The minimum Gasteiger partial charge on any atom is -0.496 e. The van der Waals surface area contributed by atoms with Crippen LogP contribution in [0.25, 0.3) is 17.0 Å². The summed E-state index contributed by atoms with van der Waals surface area (Å²) in [5.74, 6) is 1.51. The number of benzene rings is 2. The number of aromatic nitrogens is 2. The Morgan fingerprint density at radius 2 is 1.97 bits per heavy atom. The normalized spacial score (nSPS) is 18.7. The van der Waals surface area contributed by atoms with Crippen molar-refractivity contribution in [3.05, 3.63) is 59.0 Å². The molecule has 0 spiro atoms. The molecular formula is C23H24N4O3. The Kier molecular flexibility index (Phi) is 4.77. The van der Waals surface area contributed by atoms with Crippen LogP contribution in [-0.4, -0.2) is 66.1 Å². The summed E-state index contributed by atoms with van der Waals surface area (Å²) in [7, 11) is 3.79. The third-order valence-corrected chi connectivity index (χ3v) is 5.86. The quantitative estimate of drug-likeness (QED) is 0.675. The maximum atomic E-state index is 13.1. The van der Waals surface area contributed by atoms with E-state index in [4.69, 9.17) is 9.47 Å². The molecule has 0 aliphatic carbocycles. The number of para-hydroxylation sites is 1. The minimum absolute atomic E-state index is 0.126. The number of methoxy groups -OCH3 is 1. The second kappa shape index (κ2) is 7.59. The Hall–Kier alpha value is -3.16. The first-order valence-electron chi connectivity index (χ1n) is 10.1. The second-order valence-electron chi connectivity index (χ2n) is 7.80. The molecule has 7 heteroatoms. The van der Waals surface area contributed by atoms with E-state index in [1.807, 2.05) is 30.3 Å². The van der Waals surface area contributed by atoms with Crippen molar-refractivity contribution in [1.82, 2.24) is 20.0 Å². The van der Waals surface area contributed by atoms with Gasteiger partial charge in [-0.3, -0.25) is 14.8 Å². The number of fused-ring (bicyclic) bond motifs is 2. The Balaban J connectivity index is 1.49. The fraction of sp³-hybridized carbons (Fsp3) is 0.304. The molecular weight excluding hydrogens is 380 g/mol. The average Bonchev–Trinajstić information content (AvgIpc) is 3.32. The van der Waals surface area contributed by atoms with Crippen LogP contribution < -0.4 is 9.47 Å². The van der Waals surface area contributed by atoms with Gasteiger partial charge in [-0.2, -0.15) is 5.10 Å². The van der Waals surface area contributed by atoms with Crippen LogP contribution in [0.5, 0.6) is 11.5 Å². The van der Waals surface area contributed by atoms with E-state index in [0.29, 0.717) is 23.6 Å². The zero-order valence-corrected chi connectivity index (χ0v) is 17.1. The van der Waals surface area contributed by atoms with Crippen molar-refractivity contribution in [1.29, 1.82) is 0 Å². The summed E-state index contributed by atoms with van der Waals surface area (Å²) in [5, 5.41) is 8.29. The van der Waals surface area contributed by atoms with Gasteiger partial charge in [0.05, 0.1) is 29.4 Å². The standard InChI is InChI=1S/C23H24N4O3/c1-26-9-11-27(12-10-26)14-17-20(29-2)8-7-16-22(28)21(30-23(16)17)13-19-15-5-3-4-6-18(15)24-25-19/h3-8,13H,9-12,14H2,1-2H3,(H,24,25). The Morgan fingerprint density at radius 1 is 1.17 bits per heavy atom. The van der Waals surface area contributed by atoms with Crippen LogP contribution in [0, 0.1) is 0 Å². The van der Waals surface area contributed by atoms with Crippen LogP contribution in [-0.2, 0) is 6.54 Å². The first kappa shape index (κ1) is 18.8. The molecule has 2 aromatic carbocycles. The first-order valence-corrected chi connectivity index (χ1v) is 10.1. The van der Waals surface area contributed by atoms with Crippen molar-refractivity contribution in [2.24, 2.45) is 0 Å². The molecule has 2 aliphatic rings. The van der Waals surface area contributed by atoms with Crippen molar-refractivity contribution in [2.45, 2.75) is 6.54 Å². The summed E-state index contributed by atoms with van der Waals surface area (Å²) >= 11 is 0. The van der Waals surface area contributed by atoms with Gasteiger partial charge in [0.1, 0.15) is 11.5 Å². The van der Waals surface area contributed by atoms with E-state index in [2.05, 4.69) is 27.0 Å². The molecule has 0 amide bonds. The molecule has 0 radical (unpaired) electrons. The second-order valence-corrected chi connectivity index (χ2v) is 7.80. The smallest absolute Gasteiger partial charge is 0.232 e. The fourth-order valence-electron chi connectivity index (χ4n) is 4.08. The number of likely N-dealkylation sites (N-methyl/N-ethyl adjacent to an activating group) is 1. The number of rotatable bonds is 4. The van der Waals surface area contributed by atoms with E-state index < -0.39 is 0 Å². The summed E-state index contributed by atoms with van der Waals surface area (Å²) in [6, 6.07) is 11.5. The van der Waals surface area contributed by atoms with Crippen LogP contribution in [0.3, 0.4) is 0 Å². The number of hydrogen-bond acceptors (Lipinski definition) is 6. The molecule has 30 heavy (non-hydrogen) atoms. The van der Waals surface area contributed by atoms with Gasteiger partial charge in [-0.25, -0.2) is 0 Å². The lowest BCUT2D eigenvalue weighted by molar-refractivity contribution is 0.101. The van der Waals surface area contributed by atoms with Gasteiger partial charge in [0.15, 0.2) is 5.76 Å². The van der Waals surface area contributed by atoms with E-state index in [1.54, 1.807) is 19.3 Å². The summed E-state index contributed by atoms with van der Waals surface area (Å²) in [6.45, 7) is 4.67. The van der Waals surface area contributed by atoms with E-state index in [1.165, 1.54) is 0 Å². The molecule has 0 bridgehead atoms. The van der Waals surface area contributed by atoms with Crippen LogP contribution in [0.1, 0.15) is 21.6 Å². The highest BCUT2D eigenvalue weighted by molar-refractivity contribution is 6.15. The van der Waals surface area contributed by atoms with Crippen molar-refractivity contribution in [3.63, 3.8) is 0 Å². The topological polar surface area (TPSA) is 70.7 Å². The minimum atomic E-state index is -0.126. The molecule has 2 aliphatic heterocycles. The number of aromatic amines is 1. The zero-order valence-electron chi connectivity index (χ0n) is 17.1. The van der Waals surface area contributed by atoms with Gasteiger partial charge in [0, 0.05) is 44.2 Å². The van der Waals surface area contributed by atoms with Gasteiger partial charge < -0.3 is 14.4 Å². The summed E-state index contributed by atoms with van der Waals surface area (Å²) in [6.07, 6.45) is 1.72. The molecule has 0 atom stereocenters. The zero-order chi connectivity index (χ0) is 20.7. The monoisotopic (exact) mass is 404 g/mol. The summed E-state index contributed by atoms with van der Waals surface area (Å²) < 4.78 is 11.7. The highest BCUT2D eigenvalue weighted by atomic mass is 16.5. The van der Waals surface area contributed by atoms with E-state index >= 15 is 0 Å². The maximum Gasteiger partial charge on any atom is 0.232 e. The summed E-state index contributed by atoms with van der Waals surface area (Å²) in [4.78, 5) is 17.7. The molecule has 0 unspecified atom stereocenters. The molecule has 1 N–H and O–H groups in total. The Morgan fingerprint density at radius 3 is 2.77 bits per heavy atom. The Labute approximate surface area is 174 Å². The number of carbonyl (C=O) groups is 1. The molecule has 1 aromatic heterocycles. The van der Waals surface area contributed by atoms with Gasteiger partial charge in [-0.1, -0.05) is 18.2 Å². The largest absolute Gasteiger partial charge is 0.496 e. The predicted octanol–water partition coefficient (Wildman–Crippen LogP) is 2.94. The third-order valence-electron chi connectivity index (χ3n) is 5.86. The van der Waals surface area contributed by atoms with Crippen molar-refractivity contribution < 1.29 is 14.3 Å². The van der Waals surface area contributed by atoms with Crippen molar-refractivity contribution in [2.75, 3.05) is 40.3 Å². The molecule has 154 valence electrons. The highest BCUT2D eigenvalue weighted by Gasteiger charge is 2.32. The third kappa shape index (κ3) is 3.26. The maximum absolute atomic E-state index is 13.1. The molecule has 3 aromatic rings. The molecule has 7 nitrogen and oxygen atoms in total. The number of nitrogens with one attached hydrogen (secondary N) is 1. The average molecular weight is 404 g/mol. The number of allylic oxidation sites excluding steroid dienone is 1. The highest BCUT2D eigenvalue weighted by Crippen LogP contribution is 2.40. The Bertz CT molecular complexity index is 1140. The number of ketones is 1. The van der Waals surface area contributed by atoms with Gasteiger partial charge in [-0.15, -0.1) is 0 Å². The van der Waals surface area contributed by atoms with Crippen molar-refractivity contribution >= 4 is 22.8 Å². The first-order chi connectivity index (χ1) is 14.6. The van der Waals surface area contributed by atoms with Crippen LogP contribution in [0.15, 0.2) is 42.2 Å². The number of Topliss-reactive ketones (excluding diaryl/α,β-unsaturated/α-hetero) is 1. The van der Waals surface area contributed by atoms with Crippen LogP contribution >= 0.6 is 0 Å². The SMILES string of the molecule is COc1ccc2c(c1CN1CCN(C)CC1)OC(=Cc1n[nH]c3ccccc13)C2=O. The van der Waals surface area contributed by atoms with Crippen LogP contribution in [0.4, 0.5) is 0 Å². The van der Waals surface area contributed by atoms with Gasteiger partial charge >= 0.3 is 0 Å². The summed E-state index contributed by atoms with van der Waals surface area (Å²) in [5.41, 5.74) is 3.10. The van der Waals surface area contributed by atoms with E-state index in [-0.39, 0.29) is 11.5 Å². The van der Waals surface area contributed by atoms with E-state index in [0.717, 1.165) is 48.4 Å². The fourth-order valence-corrected chi connectivity index (χ4v) is 4.08. The number of piperazine rings is 1. The number of nitrogens with zero attached hydrogens (tertiary/aromatic N) is 3. The van der Waals surface area contributed by atoms with Gasteiger partial charge in [0.2, 0.25) is 5.78 Å². The number of carbonyl (C=O) groups excluding carboxylic acids is 1.